The van der Waals surface area contributed by atoms with Crippen molar-refractivity contribution < 1.29 is 4.74 Å². The molecule has 0 saturated heterocycles. The monoisotopic (exact) mass is 303 g/mol. The molecule has 4 nitrogen and oxygen atoms in total. The van der Waals surface area contributed by atoms with Crippen molar-refractivity contribution in [3.63, 3.8) is 0 Å². The molecule has 0 aliphatic carbocycles. The Bertz CT molecular complexity index is 559. The average molecular weight is 303 g/mol. The van der Waals surface area contributed by atoms with Crippen molar-refractivity contribution in [2.45, 2.75) is 29.7 Å². The van der Waals surface area contributed by atoms with Crippen LogP contribution < -0.4 is 5.32 Å². The number of nitrogens with one attached hydrogen (secondary N) is 1. The van der Waals surface area contributed by atoms with Gasteiger partial charge in [-0.25, -0.2) is 4.98 Å². The van der Waals surface area contributed by atoms with E-state index >= 15 is 0 Å². The number of hydrogen-bond donors (Lipinski definition) is 1. The fraction of sp³-hybridized carbons (Fsp3) is 0.438. The van der Waals surface area contributed by atoms with Crippen LogP contribution in [0.2, 0.25) is 0 Å². The van der Waals surface area contributed by atoms with Crippen LogP contribution in [0.3, 0.4) is 0 Å². The van der Waals surface area contributed by atoms with Crippen molar-refractivity contribution in [2.75, 3.05) is 20.3 Å². The maximum Gasteiger partial charge on any atom is 0.0950 e. The Morgan fingerprint density at radius 2 is 2.33 bits per heavy atom. The summed E-state index contributed by atoms with van der Waals surface area (Å²) in [5.41, 5.74) is 2.57. The van der Waals surface area contributed by atoms with Crippen molar-refractivity contribution >= 4 is 11.8 Å². The third kappa shape index (κ3) is 3.87. The molecule has 1 aliphatic heterocycles. The summed E-state index contributed by atoms with van der Waals surface area (Å²) in [4.78, 5) is 5.89. The fourth-order valence-electron chi connectivity index (χ4n) is 2.58. The minimum atomic E-state index is 0.617. The Kier molecular flexibility index (Phi) is 4.95. The summed E-state index contributed by atoms with van der Waals surface area (Å²) in [6.45, 7) is 3.41. The highest BCUT2D eigenvalue weighted by Crippen LogP contribution is 2.37. The molecule has 2 heterocycles. The third-order valence-electron chi connectivity index (χ3n) is 3.60. The maximum atomic E-state index is 5.01. The number of ether oxygens (including phenoxy) is 1. The fourth-order valence-corrected chi connectivity index (χ4v) is 3.91. The molecule has 0 spiro atoms. The molecule has 1 aromatic heterocycles. The molecule has 1 aromatic carbocycles. The van der Waals surface area contributed by atoms with Crippen LogP contribution in [-0.2, 0) is 24.2 Å². The molecule has 2 aromatic rings. The molecule has 0 amide bonds. The molecule has 0 saturated carbocycles. The van der Waals surface area contributed by atoms with E-state index in [-0.39, 0.29) is 0 Å². The van der Waals surface area contributed by atoms with E-state index in [9.17, 15) is 0 Å². The topological polar surface area (TPSA) is 39.1 Å². The molecule has 1 unspecified atom stereocenters. The first kappa shape index (κ1) is 14.6. The van der Waals surface area contributed by atoms with Crippen molar-refractivity contribution in [1.29, 1.82) is 0 Å². The second kappa shape index (κ2) is 7.11. The highest BCUT2D eigenvalue weighted by atomic mass is 32.2. The van der Waals surface area contributed by atoms with Gasteiger partial charge in [0.25, 0.3) is 0 Å². The Morgan fingerprint density at radius 1 is 1.43 bits per heavy atom. The van der Waals surface area contributed by atoms with Gasteiger partial charge in [-0.3, -0.25) is 0 Å². The van der Waals surface area contributed by atoms with Gasteiger partial charge in [0.05, 0.1) is 18.6 Å². The van der Waals surface area contributed by atoms with Crippen LogP contribution in [0.4, 0.5) is 0 Å². The van der Waals surface area contributed by atoms with Gasteiger partial charge < -0.3 is 14.6 Å². The van der Waals surface area contributed by atoms with E-state index in [4.69, 9.17) is 4.74 Å². The molecule has 1 N–H and O–H groups in total. The summed E-state index contributed by atoms with van der Waals surface area (Å²) < 4.78 is 7.22. The SMILES string of the molecule is COCCNCc1cn(CC2Cc3ccccc3S2)cn1. The molecule has 1 atom stereocenters. The average Bonchev–Trinajstić information content (AvgIpc) is 3.10. The predicted octanol–water partition coefficient (Wildman–Crippen LogP) is 2.34. The van der Waals surface area contributed by atoms with Crippen LogP contribution in [0.15, 0.2) is 41.7 Å². The number of benzene rings is 1. The highest BCUT2D eigenvalue weighted by molar-refractivity contribution is 8.00. The molecule has 1 aliphatic rings. The lowest BCUT2D eigenvalue weighted by Crippen LogP contribution is -2.18. The van der Waals surface area contributed by atoms with Gasteiger partial charge in [-0.05, 0) is 18.1 Å². The molecule has 3 rings (SSSR count). The summed E-state index contributed by atoms with van der Waals surface area (Å²) in [5.74, 6) is 0. The van der Waals surface area contributed by atoms with Gasteiger partial charge in [0.2, 0.25) is 0 Å². The first-order valence-corrected chi connectivity index (χ1v) is 8.18. The number of methoxy groups -OCH3 is 1. The first-order valence-electron chi connectivity index (χ1n) is 7.30. The lowest BCUT2D eigenvalue weighted by Gasteiger charge is -2.08. The Balaban J connectivity index is 1.49. The molecule has 0 radical (unpaired) electrons. The molecule has 0 bridgehead atoms. The number of nitrogens with zero attached hydrogens (tertiary/aromatic N) is 2. The van der Waals surface area contributed by atoms with Crippen LogP contribution in [0, 0.1) is 0 Å². The number of hydrogen-bond acceptors (Lipinski definition) is 4. The molecular weight excluding hydrogens is 282 g/mol. The molecule has 5 heteroatoms. The van der Waals surface area contributed by atoms with Crippen LogP contribution in [-0.4, -0.2) is 35.1 Å². The predicted molar refractivity (Wildman–Crippen MR) is 85.6 cm³/mol. The van der Waals surface area contributed by atoms with E-state index < -0.39 is 0 Å². The maximum absolute atomic E-state index is 5.01. The van der Waals surface area contributed by atoms with E-state index in [2.05, 4.69) is 45.3 Å². The van der Waals surface area contributed by atoms with Crippen molar-refractivity contribution in [2.24, 2.45) is 0 Å². The van der Waals surface area contributed by atoms with E-state index in [1.165, 1.54) is 10.5 Å². The smallest absolute Gasteiger partial charge is 0.0950 e. The summed E-state index contributed by atoms with van der Waals surface area (Å²) >= 11 is 1.98. The van der Waals surface area contributed by atoms with Gasteiger partial charge in [0.1, 0.15) is 0 Å². The molecule has 0 fully saturated rings. The lowest BCUT2D eigenvalue weighted by atomic mass is 10.1. The van der Waals surface area contributed by atoms with E-state index in [0.29, 0.717) is 5.25 Å². The molecular formula is C16H21N3OS. The minimum absolute atomic E-state index is 0.617. The molecule has 21 heavy (non-hydrogen) atoms. The summed E-state index contributed by atoms with van der Waals surface area (Å²) in [5, 5.41) is 3.93. The summed E-state index contributed by atoms with van der Waals surface area (Å²) in [6, 6.07) is 8.71. The van der Waals surface area contributed by atoms with Crippen LogP contribution in [0.1, 0.15) is 11.3 Å². The van der Waals surface area contributed by atoms with Gasteiger partial charge in [0.15, 0.2) is 0 Å². The standard InChI is InChI=1S/C16H21N3OS/c1-20-7-6-17-9-14-10-19(12-18-14)11-15-8-13-4-2-3-5-16(13)21-15/h2-5,10,12,15,17H,6-9,11H2,1H3. The van der Waals surface area contributed by atoms with Crippen molar-refractivity contribution in [3.05, 3.63) is 48.0 Å². The van der Waals surface area contributed by atoms with Crippen LogP contribution in [0.5, 0.6) is 0 Å². The van der Waals surface area contributed by atoms with E-state index in [1.54, 1.807) is 7.11 Å². The van der Waals surface area contributed by atoms with Gasteiger partial charge in [-0.15, -0.1) is 11.8 Å². The van der Waals surface area contributed by atoms with Gasteiger partial charge in [-0.2, -0.15) is 0 Å². The normalized spacial score (nSPS) is 17.1. The zero-order chi connectivity index (χ0) is 14.5. The second-order valence-corrected chi connectivity index (χ2v) is 6.63. The van der Waals surface area contributed by atoms with E-state index in [1.807, 2.05) is 18.1 Å². The first-order chi connectivity index (χ1) is 10.3. The zero-order valence-corrected chi connectivity index (χ0v) is 13.1. The zero-order valence-electron chi connectivity index (χ0n) is 12.3. The van der Waals surface area contributed by atoms with Gasteiger partial charge in [-0.1, -0.05) is 18.2 Å². The van der Waals surface area contributed by atoms with Gasteiger partial charge in [0, 0.05) is 43.1 Å². The Labute approximate surface area is 129 Å². The number of thioether (sulfide) groups is 1. The molecule has 112 valence electrons. The lowest BCUT2D eigenvalue weighted by molar-refractivity contribution is 0.199. The van der Waals surface area contributed by atoms with Gasteiger partial charge >= 0.3 is 0 Å². The number of imidazole rings is 1. The summed E-state index contributed by atoms with van der Waals surface area (Å²) in [6.07, 6.45) is 5.24. The Hall–Kier alpha value is -1.30. The quantitative estimate of drug-likeness (QED) is 0.797. The third-order valence-corrected chi connectivity index (χ3v) is 4.91. The van der Waals surface area contributed by atoms with Crippen molar-refractivity contribution in [3.8, 4) is 0 Å². The number of fused-ring (bicyclic) bond motifs is 1. The van der Waals surface area contributed by atoms with E-state index in [0.717, 1.165) is 38.4 Å². The summed E-state index contributed by atoms with van der Waals surface area (Å²) in [7, 11) is 1.72. The van der Waals surface area contributed by atoms with Crippen LogP contribution >= 0.6 is 11.8 Å². The van der Waals surface area contributed by atoms with Crippen molar-refractivity contribution in [1.82, 2.24) is 14.9 Å². The number of aromatic nitrogens is 2. The van der Waals surface area contributed by atoms with Crippen LogP contribution in [0.25, 0.3) is 0 Å². The number of rotatable bonds is 7. The Morgan fingerprint density at radius 3 is 3.19 bits per heavy atom. The second-order valence-electron chi connectivity index (χ2n) is 5.28. The highest BCUT2D eigenvalue weighted by Gasteiger charge is 2.21. The minimum Gasteiger partial charge on any atom is -0.383 e. The largest absolute Gasteiger partial charge is 0.383 e.